The number of hydrogen-bond acceptors (Lipinski definition) is 3. The third kappa shape index (κ3) is 5.94. The summed E-state index contributed by atoms with van der Waals surface area (Å²) in [6.45, 7) is 4.76. The number of benzene rings is 2. The van der Waals surface area contributed by atoms with Gasteiger partial charge < -0.3 is 11.1 Å². The first-order valence-electron chi connectivity index (χ1n) is 9.11. The number of halogens is 2. The predicted octanol–water partition coefficient (Wildman–Crippen LogP) is 3.67. The molecule has 1 heterocycles. The van der Waals surface area contributed by atoms with Crippen molar-refractivity contribution in [2.45, 2.75) is 32.9 Å². The van der Waals surface area contributed by atoms with Crippen LogP contribution in [0.25, 0.3) is 0 Å². The number of carbonyl (C=O) groups excluding carboxylic acids is 1. The number of nitrogens with zero attached hydrogens (tertiary/aromatic N) is 1. The van der Waals surface area contributed by atoms with Crippen molar-refractivity contribution in [3.05, 3.63) is 65.0 Å². The summed E-state index contributed by atoms with van der Waals surface area (Å²) in [5.41, 5.74) is 9.22. The van der Waals surface area contributed by atoms with Crippen molar-refractivity contribution < 1.29 is 9.18 Å². The number of nitrogens with two attached hydrogens (primary N) is 1. The monoisotopic (exact) mass is 391 g/mol. The first-order chi connectivity index (χ1) is 12.5. The third-order valence-corrected chi connectivity index (χ3v) is 5.02. The van der Waals surface area contributed by atoms with Gasteiger partial charge >= 0.3 is 0 Å². The smallest absolute Gasteiger partial charge is 0.223 e. The lowest BCUT2D eigenvalue weighted by Gasteiger charge is -2.31. The van der Waals surface area contributed by atoms with Crippen LogP contribution in [-0.2, 0) is 17.9 Å². The van der Waals surface area contributed by atoms with Gasteiger partial charge in [0, 0.05) is 24.7 Å². The number of carbonyl (C=O) groups is 1. The molecule has 4 nitrogen and oxygen atoms in total. The van der Waals surface area contributed by atoms with Crippen LogP contribution in [0.5, 0.6) is 0 Å². The number of anilines is 1. The van der Waals surface area contributed by atoms with Crippen LogP contribution >= 0.6 is 12.4 Å². The Morgan fingerprint density at radius 2 is 1.93 bits per heavy atom. The molecule has 1 saturated heterocycles. The van der Waals surface area contributed by atoms with Crippen LogP contribution in [0, 0.1) is 18.7 Å². The van der Waals surface area contributed by atoms with Crippen LogP contribution < -0.4 is 11.1 Å². The molecule has 3 rings (SSSR count). The van der Waals surface area contributed by atoms with Gasteiger partial charge in [0.2, 0.25) is 5.91 Å². The minimum absolute atomic E-state index is 0. The zero-order valence-electron chi connectivity index (χ0n) is 15.6. The lowest BCUT2D eigenvalue weighted by molar-refractivity contribution is -0.126. The average molecular weight is 392 g/mol. The molecule has 0 aliphatic carbocycles. The van der Waals surface area contributed by atoms with Gasteiger partial charge in [-0.3, -0.25) is 9.69 Å². The molecule has 1 aliphatic heterocycles. The number of hydrogen-bond donors (Lipinski definition) is 2. The van der Waals surface area contributed by atoms with Crippen molar-refractivity contribution in [3.8, 4) is 0 Å². The molecule has 1 aliphatic rings. The fraction of sp³-hybridized carbons (Fsp3) is 0.381. The van der Waals surface area contributed by atoms with E-state index in [-0.39, 0.29) is 30.0 Å². The van der Waals surface area contributed by atoms with Crippen LogP contribution in [0.3, 0.4) is 0 Å². The van der Waals surface area contributed by atoms with Crippen molar-refractivity contribution >= 4 is 24.0 Å². The van der Waals surface area contributed by atoms with E-state index in [1.165, 1.54) is 11.6 Å². The second-order valence-corrected chi connectivity index (χ2v) is 7.10. The first-order valence-corrected chi connectivity index (χ1v) is 9.11. The maximum Gasteiger partial charge on any atom is 0.223 e. The molecule has 0 spiro atoms. The summed E-state index contributed by atoms with van der Waals surface area (Å²) in [7, 11) is 0. The summed E-state index contributed by atoms with van der Waals surface area (Å²) in [5.74, 6) is -0.136. The van der Waals surface area contributed by atoms with Gasteiger partial charge in [0.25, 0.3) is 0 Å². The van der Waals surface area contributed by atoms with E-state index in [9.17, 15) is 9.18 Å². The zero-order valence-corrected chi connectivity index (χ0v) is 16.4. The second-order valence-electron chi connectivity index (χ2n) is 7.10. The minimum Gasteiger partial charge on any atom is -0.399 e. The Balaban J connectivity index is 0.00000261. The van der Waals surface area contributed by atoms with Gasteiger partial charge in [-0.1, -0.05) is 24.3 Å². The van der Waals surface area contributed by atoms with Gasteiger partial charge in [0.15, 0.2) is 0 Å². The highest BCUT2D eigenvalue weighted by atomic mass is 35.5. The SMILES string of the molecule is Cc1ccc(CNC(=O)C2CCN(Cc3cccc(N)c3)CC2)cc1F.Cl. The second kappa shape index (κ2) is 9.72. The van der Waals surface area contributed by atoms with Crippen LogP contribution in [-0.4, -0.2) is 23.9 Å². The fourth-order valence-corrected chi connectivity index (χ4v) is 3.38. The largest absolute Gasteiger partial charge is 0.399 e. The average Bonchev–Trinajstić information content (AvgIpc) is 2.63. The highest BCUT2D eigenvalue weighted by Gasteiger charge is 2.24. The zero-order chi connectivity index (χ0) is 18.5. The summed E-state index contributed by atoms with van der Waals surface area (Å²) >= 11 is 0. The molecule has 0 bridgehead atoms. The highest BCUT2D eigenvalue weighted by Crippen LogP contribution is 2.20. The van der Waals surface area contributed by atoms with Crippen LogP contribution in [0.1, 0.15) is 29.5 Å². The number of piperidine rings is 1. The number of nitrogen functional groups attached to an aromatic ring is 1. The molecule has 0 aromatic heterocycles. The molecule has 0 saturated carbocycles. The van der Waals surface area contributed by atoms with Gasteiger partial charge in [0.1, 0.15) is 5.82 Å². The Hall–Kier alpha value is -2.11. The maximum atomic E-state index is 13.6. The number of aryl methyl sites for hydroxylation is 1. The quantitative estimate of drug-likeness (QED) is 0.764. The van der Waals surface area contributed by atoms with Crippen LogP contribution in [0.2, 0.25) is 0 Å². The lowest BCUT2D eigenvalue weighted by Crippen LogP contribution is -2.40. The number of amides is 1. The van der Waals surface area contributed by atoms with E-state index in [0.29, 0.717) is 12.1 Å². The van der Waals surface area contributed by atoms with E-state index < -0.39 is 0 Å². The van der Waals surface area contributed by atoms with Crippen molar-refractivity contribution in [2.24, 2.45) is 5.92 Å². The summed E-state index contributed by atoms with van der Waals surface area (Å²) < 4.78 is 13.6. The Labute approximate surface area is 166 Å². The Morgan fingerprint density at radius 3 is 2.59 bits per heavy atom. The highest BCUT2D eigenvalue weighted by molar-refractivity contribution is 5.85. The van der Waals surface area contributed by atoms with Gasteiger partial charge in [-0.15, -0.1) is 12.4 Å². The molecule has 27 heavy (non-hydrogen) atoms. The standard InChI is InChI=1S/C21H26FN3O.ClH/c1-15-5-6-16(12-20(15)22)13-24-21(26)18-7-9-25(10-8-18)14-17-3-2-4-19(23)11-17;/h2-6,11-12,18H,7-10,13-14,23H2,1H3,(H,24,26);1H. The Kier molecular flexibility index (Phi) is 7.63. The number of rotatable bonds is 5. The van der Waals surface area contributed by atoms with Crippen molar-refractivity contribution in [2.75, 3.05) is 18.8 Å². The van der Waals surface area contributed by atoms with Gasteiger partial charge in [-0.25, -0.2) is 4.39 Å². The summed E-state index contributed by atoms with van der Waals surface area (Å²) in [4.78, 5) is 14.7. The third-order valence-electron chi connectivity index (χ3n) is 5.02. The van der Waals surface area contributed by atoms with Crippen LogP contribution in [0.4, 0.5) is 10.1 Å². The molecule has 1 amide bonds. The molecular weight excluding hydrogens is 365 g/mol. The first kappa shape index (κ1) is 21.2. The molecular formula is C21H27ClFN3O. The predicted molar refractivity (Wildman–Crippen MR) is 109 cm³/mol. The number of likely N-dealkylation sites (tertiary alicyclic amines) is 1. The summed E-state index contributed by atoms with van der Waals surface area (Å²) in [6.07, 6.45) is 1.69. The molecule has 6 heteroatoms. The minimum atomic E-state index is -0.230. The lowest BCUT2D eigenvalue weighted by atomic mass is 9.95. The van der Waals surface area contributed by atoms with Gasteiger partial charge in [0.05, 0.1) is 0 Å². The molecule has 0 atom stereocenters. The van der Waals surface area contributed by atoms with E-state index in [0.717, 1.165) is 43.7 Å². The van der Waals surface area contributed by atoms with E-state index in [1.807, 2.05) is 24.3 Å². The molecule has 2 aromatic carbocycles. The molecule has 2 aromatic rings. The summed E-state index contributed by atoms with van der Waals surface area (Å²) in [5, 5.41) is 2.95. The van der Waals surface area contributed by atoms with Crippen LogP contribution in [0.15, 0.2) is 42.5 Å². The van der Waals surface area contributed by atoms with Gasteiger partial charge in [-0.05, 0) is 67.7 Å². The van der Waals surface area contributed by atoms with E-state index in [4.69, 9.17) is 5.73 Å². The Bertz CT molecular complexity index is 776. The molecule has 1 fully saturated rings. The molecule has 0 unspecified atom stereocenters. The van der Waals surface area contributed by atoms with Gasteiger partial charge in [-0.2, -0.15) is 0 Å². The number of nitrogens with one attached hydrogen (secondary N) is 1. The molecule has 3 N–H and O–H groups in total. The molecule has 0 radical (unpaired) electrons. The maximum absolute atomic E-state index is 13.6. The Morgan fingerprint density at radius 1 is 1.19 bits per heavy atom. The molecule has 146 valence electrons. The fourth-order valence-electron chi connectivity index (χ4n) is 3.38. The van der Waals surface area contributed by atoms with E-state index in [2.05, 4.69) is 16.3 Å². The van der Waals surface area contributed by atoms with Crippen molar-refractivity contribution in [3.63, 3.8) is 0 Å². The topological polar surface area (TPSA) is 58.4 Å². The van der Waals surface area contributed by atoms with Crippen molar-refractivity contribution in [1.29, 1.82) is 0 Å². The normalized spacial score (nSPS) is 15.2. The van der Waals surface area contributed by atoms with E-state index in [1.54, 1.807) is 13.0 Å². The van der Waals surface area contributed by atoms with Crippen molar-refractivity contribution in [1.82, 2.24) is 10.2 Å². The van der Waals surface area contributed by atoms with E-state index >= 15 is 0 Å². The summed E-state index contributed by atoms with van der Waals surface area (Å²) in [6, 6.07) is 13.0.